The van der Waals surface area contributed by atoms with Gasteiger partial charge in [0.15, 0.2) is 69.0 Å². The number of nitrogens with zero attached hydrogens (tertiary/aromatic N) is 4. The van der Waals surface area contributed by atoms with Crippen LogP contribution >= 0.6 is 0 Å². The van der Waals surface area contributed by atoms with Crippen LogP contribution in [-0.4, -0.2) is 4.57 Å². The van der Waals surface area contributed by atoms with Gasteiger partial charge in [0.1, 0.15) is 22.3 Å². The van der Waals surface area contributed by atoms with E-state index >= 15 is 0 Å². The van der Waals surface area contributed by atoms with Gasteiger partial charge in [0.2, 0.25) is 0 Å². The molecule has 3 aromatic heterocycles. The van der Waals surface area contributed by atoms with Gasteiger partial charge in [-0.25, -0.2) is 0 Å². The van der Waals surface area contributed by atoms with Crippen LogP contribution in [0.25, 0.3) is 105 Å². The lowest BCUT2D eigenvalue weighted by molar-refractivity contribution is 0.360. The van der Waals surface area contributed by atoms with Crippen molar-refractivity contribution in [2.75, 3.05) is 14.7 Å². The molecular formula is C127H82N4O8. The Balaban J connectivity index is 0.000000108. The van der Waals surface area contributed by atoms with E-state index in [0.29, 0.717) is 69.0 Å². The van der Waals surface area contributed by atoms with E-state index in [0.717, 1.165) is 128 Å². The van der Waals surface area contributed by atoms with Gasteiger partial charge >= 0.3 is 0 Å². The van der Waals surface area contributed by atoms with E-state index in [4.69, 9.17) is 37.3 Å². The van der Waals surface area contributed by atoms with E-state index in [-0.39, 0.29) is 0 Å². The summed E-state index contributed by atoms with van der Waals surface area (Å²) in [6.07, 6.45) is 0. The fraction of sp³-hybridized carbons (Fsp3) is 0.00787. The quantitative estimate of drug-likeness (QED) is 0.104. The molecule has 0 bridgehead atoms. The standard InChI is InChI=1S/C49H33NO2.C42H26N2O3.C36H23NO3/c1-4-15-34(16-5-1)35-27-29-38(30-28-35)50(44-23-14-26-47-48(44)52-46-25-13-12-24-45(46)51-47)39-31-32-41-40-21-10-11-22-42(40)49(43(41)33-39,36-17-6-2-7-18-36)37-19-8-3-9-20-37;1-2-11-27(12-3-1)44-34-15-6-4-13-30(34)33-25-28(22-24-35(33)44)43(29-21-23-32-31-14-5-7-17-37(31)45-41(32)26-29)36-16-10-20-40-42(36)47-39-19-9-8-18-38(39)46-40;1-2-9-24(10-3-1)25-17-19-26(20-18-25)37(27-21-22-29-28-11-4-5-13-31(28)38-35(29)23-27)30-12-8-16-34-36(30)40-33-15-7-6-14-32(33)39-34/h1-33H;1-26H;1-23H. The minimum atomic E-state index is -0.526. The van der Waals surface area contributed by atoms with E-state index in [1.54, 1.807) is 0 Å². The third-order valence-electron chi connectivity index (χ3n) is 26.8. The summed E-state index contributed by atoms with van der Waals surface area (Å²) in [7, 11) is 0. The lowest BCUT2D eigenvalue weighted by atomic mass is 9.67. The SMILES string of the molecule is c1ccc(-c2ccc(N(c3ccc4c(c3)C(c3ccccc3)(c3ccccc3)c3ccccc3-4)c3cccc4c3Oc3ccccc3O4)cc2)cc1.c1ccc(-c2ccc(N(c3ccc4c(c3)oc3ccccc34)c3cccc4c3Oc3ccccc3O4)cc2)cc1.c1ccc(-n2c3ccccc3c3cc(N(c4ccc5c(c4)oc4ccccc45)c4cccc5c4Oc4ccccc4O5)ccc32)cc1. The van der Waals surface area contributed by atoms with Crippen molar-refractivity contribution in [3.8, 4) is 108 Å². The molecule has 12 heteroatoms. The van der Waals surface area contributed by atoms with Crippen molar-refractivity contribution in [2.45, 2.75) is 5.41 Å². The highest BCUT2D eigenvalue weighted by Gasteiger charge is 2.47. The number of para-hydroxylation sites is 13. The van der Waals surface area contributed by atoms with Gasteiger partial charge in [-0.1, -0.05) is 303 Å². The topological polar surface area (TPSA) is 96.3 Å². The van der Waals surface area contributed by atoms with Crippen molar-refractivity contribution >= 4 is 117 Å². The number of furan rings is 2. The molecule has 12 nitrogen and oxygen atoms in total. The first-order chi connectivity index (χ1) is 68.9. The monoisotopic (exact) mass is 1790 g/mol. The maximum Gasteiger partial charge on any atom is 0.194 e. The molecule has 658 valence electrons. The van der Waals surface area contributed by atoms with Crippen molar-refractivity contribution in [3.05, 3.63) is 520 Å². The Bertz CT molecular complexity index is 8810. The minimum absolute atomic E-state index is 0.526. The van der Waals surface area contributed by atoms with Crippen molar-refractivity contribution in [2.24, 2.45) is 0 Å². The zero-order valence-electron chi connectivity index (χ0n) is 74.9. The number of ether oxygens (including phenoxy) is 6. The molecule has 139 heavy (non-hydrogen) atoms. The van der Waals surface area contributed by atoms with Gasteiger partial charge in [0.25, 0.3) is 0 Å². The first-order valence-corrected chi connectivity index (χ1v) is 46.6. The largest absolute Gasteiger partial charge is 0.456 e. The Hall–Kier alpha value is -18.8. The van der Waals surface area contributed by atoms with Crippen LogP contribution in [0.2, 0.25) is 0 Å². The predicted octanol–water partition coefficient (Wildman–Crippen LogP) is 35.8. The Morgan fingerprint density at radius 2 is 0.511 bits per heavy atom. The van der Waals surface area contributed by atoms with E-state index in [2.05, 4.69) is 365 Å². The summed E-state index contributed by atoms with van der Waals surface area (Å²) in [6.45, 7) is 0. The third-order valence-corrected chi connectivity index (χ3v) is 26.8. The maximum atomic E-state index is 6.68. The Morgan fingerprint density at radius 3 is 0.986 bits per heavy atom. The van der Waals surface area contributed by atoms with Crippen LogP contribution in [0.15, 0.2) is 506 Å². The molecule has 1 aliphatic carbocycles. The molecule has 21 aromatic carbocycles. The molecule has 0 saturated carbocycles. The van der Waals surface area contributed by atoms with Gasteiger partial charge in [-0.2, -0.15) is 0 Å². The van der Waals surface area contributed by atoms with Crippen LogP contribution in [0, 0.1) is 0 Å². The third kappa shape index (κ3) is 14.2. The maximum absolute atomic E-state index is 6.68. The molecule has 0 radical (unpaired) electrons. The average molecular weight is 1790 g/mol. The molecule has 6 heterocycles. The van der Waals surface area contributed by atoms with Crippen molar-refractivity contribution < 1.29 is 37.3 Å². The van der Waals surface area contributed by atoms with E-state index in [1.807, 2.05) is 152 Å². The predicted molar refractivity (Wildman–Crippen MR) is 560 cm³/mol. The second-order valence-electron chi connectivity index (χ2n) is 34.8. The molecule has 0 atom stereocenters. The number of hydrogen-bond acceptors (Lipinski definition) is 11. The first-order valence-electron chi connectivity index (χ1n) is 46.6. The molecule has 4 aliphatic rings. The van der Waals surface area contributed by atoms with Crippen LogP contribution < -0.4 is 43.1 Å². The number of fused-ring (bicyclic) bond motifs is 18. The van der Waals surface area contributed by atoms with Crippen molar-refractivity contribution in [1.82, 2.24) is 4.57 Å². The summed E-state index contributed by atoms with van der Waals surface area (Å²) in [5, 5.41) is 6.71. The first kappa shape index (κ1) is 81.0. The minimum Gasteiger partial charge on any atom is -0.456 e. The van der Waals surface area contributed by atoms with Gasteiger partial charge < -0.3 is 56.5 Å². The fourth-order valence-electron chi connectivity index (χ4n) is 20.5. The van der Waals surface area contributed by atoms with Crippen LogP contribution in [0.3, 0.4) is 0 Å². The van der Waals surface area contributed by atoms with Gasteiger partial charge in [-0.05, 0) is 238 Å². The summed E-state index contributed by atoms with van der Waals surface area (Å²) in [6, 6.07) is 172. The molecule has 0 unspecified atom stereocenters. The summed E-state index contributed by atoms with van der Waals surface area (Å²) >= 11 is 0. The van der Waals surface area contributed by atoms with Gasteiger partial charge in [0, 0.05) is 72.9 Å². The summed E-state index contributed by atoms with van der Waals surface area (Å²) in [5.74, 6) is 8.18. The summed E-state index contributed by atoms with van der Waals surface area (Å²) in [5.41, 5.74) is 26.9. The summed E-state index contributed by atoms with van der Waals surface area (Å²) < 4.78 is 53.8. The van der Waals surface area contributed by atoms with Gasteiger partial charge in [-0.15, -0.1) is 0 Å². The van der Waals surface area contributed by atoms with E-state index in [9.17, 15) is 0 Å². The van der Waals surface area contributed by atoms with Gasteiger partial charge in [-0.3, -0.25) is 0 Å². The highest BCUT2D eigenvalue weighted by molar-refractivity contribution is 6.12. The molecule has 28 rings (SSSR count). The fourth-order valence-corrected chi connectivity index (χ4v) is 20.5. The lowest BCUT2D eigenvalue weighted by Gasteiger charge is -2.35. The molecule has 0 fully saturated rings. The van der Waals surface area contributed by atoms with E-state index < -0.39 is 5.41 Å². The normalized spacial score (nSPS) is 12.4. The number of anilines is 9. The highest BCUT2D eigenvalue weighted by atomic mass is 16.6. The van der Waals surface area contributed by atoms with Crippen LogP contribution in [0.5, 0.6) is 69.0 Å². The number of benzene rings is 21. The number of rotatable bonds is 14. The summed E-state index contributed by atoms with van der Waals surface area (Å²) in [4.78, 5) is 6.73. The smallest absolute Gasteiger partial charge is 0.194 e. The molecule has 0 saturated heterocycles. The average Bonchev–Trinajstić information content (AvgIpc) is 1.53. The zero-order valence-corrected chi connectivity index (χ0v) is 74.9. The van der Waals surface area contributed by atoms with Crippen LogP contribution in [0.1, 0.15) is 22.3 Å². The molecule has 0 amide bonds. The molecule has 3 aliphatic heterocycles. The molecular weight excluding hydrogens is 1710 g/mol. The second kappa shape index (κ2) is 34.0. The Kier molecular flexibility index (Phi) is 19.8. The number of aromatic nitrogens is 1. The van der Waals surface area contributed by atoms with Crippen LogP contribution in [-0.2, 0) is 5.41 Å². The molecule has 0 N–H and O–H groups in total. The van der Waals surface area contributed by atoms with Crippen molar-refractivity contribution in [1.29, 1.82) is 0 Å². The van der Waals surface area contributed by atoms with Crippen molar-refractivity contribution in [3.63, 3.8) is 0 Å². The van der Waals surface area contributed by atoms with Crippen LogP contribution in [0.4, 0.5) is 51.2 Å². The molecule has 24 aromatic rings. The second-order valence-corrected chi connectivity index (χ2v) is 34.8. The van der Waals surface area contributed by atoms with E-state index in [1.165, 1.54) is 49.9 Å². The number of hydrogen-bond donors (Lipinski definition) is 0. The zero-order chi connectivity index (χ0) is 91.9. The van der Waals surface area contributed by atoms with Gasteiger partial charge in [0.05, 0.1) is 44.9 Å². The Morgan fingerprint density at radius 1 is 0.187 bits per heavy atom. The highest BCUT2D eigenvalue weighted by Crippen LogP contribution is 2.61. The Labute approximate surface area is 801 Å². The lowest BCUT2D eigenvalue weighted by Crippen LogP contribution is -2.28. The molecule has 0 spiro atoms.